The van der Waals surface area contributed by atoms with Crippen molar-refractivity contribution in [2.24, 2.45) is 0 Å². The number of carbonyl (C=O) groups excluding carboxylic acids is 1. The predicted molar refractivity (Wildman–Crippen MR) is 74.4 cm³/mol. The number of carbonyl (C=O) groups is 2. The molecule has 0 unspecified atom stereocenters. The molecule has 19 heavy (non-hydrogen) atoms. The molecule has 0 atom stereocenters. The van der Waals surface area contributed by atoms with Crippen LogP contribution in [0.2, 0.25) is 0 Å². The second-order valence-electron chi connectivity index (χ2n) is 4.06. The van der Waals surface area contributed by atoms with E-state index in [4.69, 9.17) is 5.11 Å². The lowest BCUT2D eigenvalue weighted by atomic mass is 10.2. The van der Waals surface area contributed by atoms with Crippen molar-refractivity contribution in [1.29, 1.82) is 0 Å². The third kappa shape index (κ3) is 5.30. The van der Waals surface area contributed by atoms with E-state index in [0.29, 0.717) is 5.03 Å². The fourth-order valence-corrected chi connectivity index (χ4v) is 2.23. The zero-order chi connectivity index (χ0) is 14.3. The summed E-state index contributed by atoms with van der Waals surface area (Å²) in [5, 5.41) is 12.3. The van der Waals surface area contributed by atoms with Crippen molar-refractivity contribution in [3.8, 4) is 0 Å². The van der Waals surface area contributed by atoms with Gasteiger partial charge in [0.25, 0.3) is 0 Å². The number of pyridine rings is 1. The Labute approximate surface area is 116 Å². The van der Waals surface area contributed by atoms with Crippen LogP contribution in [0.4, 0.5) is 0 Å². The first-order chi connectivity index (χ1) is 9.06. The molecule has 5 nitrogen and oxygen atoms in total. The number of thioether (sulfide) groups is 1. The Hall–Kier alpha value is -1.56. The Kier molecular flexibility index (Phi) is 6.35. The number of amides is 1. The van der Waals surface area contributed by atoms with E-state index in [0.717, 1.165) is 12.8 Å². The summed E-state index contributed by atoms with van der Waals surface area (Å²) < 4.78 is 0. The first-order valence-electron chi connectivity index (χ1n) is 6.18. The normalized spacial score (nSPS) is 10.5. The zero-order valence-electron chi connectivity index (χ0n) is 11.0. The van der Waals surface area contributed by atoms with Gasteiger partial charge in [0.15, 0.2) is 0 Å². The summed E-state index contributed by atoms with van der Waals surface area (Å²) in [5.74, 6) is -0.806. The van der Waals surface area contributed by atoms with Gasteiger partial charge < -0.3 is 10.4 Å². The molecule has 2 N–H and O–H groups in total. The number of aromatic carboxylic acids is 1. The van der Waals surface area contributed by atoms with Crippen molar-refractivity contribution in [2.75, 3.05) is 5.75 Å². The minimum absolute atomic E-state index is 0.0544. The maximum absolute atomic E-state index is 11.7. The third-order valence-corrected chi connectivity index (χ3v) is 3.61. The van der Waals surface area contributed by atoms with Crippen LogP contribution < -0.4 is 5.32 Å². The summed E-state index contributed by atoms with van der Waals surface area (Å²) in [6.07, 6.45) is 3.24. The Morgan fingerprint density at radius 3 is 2.68 bits per heavy atom. The molecule has 0 saturated carbocycles. The molecule has 1 aromatic rings. The summed E-state index contributed by atoms with van der Waals surface area (Å²) in [6, 6.07) is 3.10. The Morgan fingerprint density at radius 2 is 2.11 bits per heavy atom. The Balaban J connectivity index is 2.50. The molecule has 6 heteroatoms. The molecule has 0 fully saturated rings. The number of aromatic nitrogens is 1. The van der Waals surface area contributed by atoms with Gasteiger partial charge in [-0.1, -0.05) is 25.6 Å². The van der Waals surface area contributed by atoms with Crippen LogP contribution in [0.15, 0.2) is 23.4 Å². The molecule has 0 aromatic carbocycles. The highest BCUT2D eigenvalue weighted by molar-refractivity contribution is 7.99. The lowest BCUT2D eigenvalue weighted by Crippen LogP contribution is -2.35. The topological polar surface area (TPSA) is 79.3 Å². The molecular formula is C13H18N2O3S. The molecule has 1 aromatic heterocycles. The molecule has 104 valence electrons. The highest BCUT2D eigenvalue weighted by atomic mass is 32.2. The summed E-state index contributed by atoms with van der Waals surface area (Å²) in [5.41, 5.74) is 0.179. The molecule has 0 aliphatic rings. The molecule has 0 saturated heterocycles. The van der Waals surface area contributed by atoms with Crippen molar-refractivity contribution >= 4 is 23.6 Å². The molecular weight excluding hydrogens is 264 g/mol. The van der Waals surface area contributed by atoms with E-state index in [1.165, 1.54) is 30.1 Å². The van der Waals surface area contributed by atoms with Crippen molar-refractivity contribution in [1.82, 2.24) is 10.3 Å². The van der Waals surface area contributed by atoms with Crippen molar-refractivity contribution in [3.05, 3.63) is 23.9 Å². The van der Waals surface area contributed by atoms with Gasteiger partial charge >= 0.3 is 5.97 Å². The standard InChI is InChI=1S/C13H18N2O3S/c1-3-10(4-2)15-11(16)8-19-12-7-9(13(17)18)5-6-14-12/h5-7,10H,3-4,8H2,1-2H3,(H,15,16)(H,17,18). The zero-order valence-corrected chi connectivity index (χ0v) is 11.9. The minimum Gasteiger partial charge on any atom is -0.478 e. The Bertz CT molecular complexity index is 447. The SMILES string of the molecule is CCC(CC)NC(=O)CSc1cc(C(=O)O)ccn1. The number of hydrogen-bond acceptors (Lipinski definition) is 4. The summed E-state index contributed by atoms with van der Waals surface area (Å²) in [7, 11) is 0. The van der Waals surface area contributed by atoms with Crippen LogP contribution in [0.25, 0.3) is 0 Å². The smallest absolute Gasteiger partial charge is 0.335 e. The van der Waals surface area contributed by atoms with E-state index < -0.39 is 5.97 Å². The predicted octanol–water partition coefficient (Wildman–Crippen LogP) is 2.18. The van der Waals surface area contributed by atoms with Gasteiger partial charge in [0, 0.05) is 12.2 Å². The molecule has 1 amide bonds. The second kappa shape index (κ2) is 7.78. The van der Waals surface area contributed by atoms with Gasteiger partial charge in [-0.25, -0.2) is 9.78 Å². The Morgan fingerprint density at radius 1 is 1.42 bits per heavy atom. The number of carboxylic acid groups (broad SMARTS) is 1. The van der Waals surface area contributed by atoms with Crippen LogP contribution in [0.5, 0.6) is 0 Å². The van der Waals surface area contributed by atoms with E-state index in [2.05, 4.69) is 10.3 Å². The van der Waals surface area contributed by atoms with E-state index in [1.807, 2.05) is 13.8 Å². The van der Waals surface area contributed by atoms with Gasteiger partial charge in [-0.3, -0.25) is 4.79 Å². The van der Waals surface area contributed by atoms with Gasteiger partial charge in [0.1, 0.15) is 0 Å². The molecule has 0 aliphatic heterocycles. The maximum Gasteiger partial charge on any atom is 0.335 e. The second-order valence-corrected chi connectivity index (χ2v) is 5.05. The van der Waals surface area contributed by atoms with E-state index in [9.17, 15) is 9.59 Å². The van der Waals surface area contributed by atoms with Gasteiger partial charge in [-0.2, -0.15) is 0 Å². The highest BCUT2D eigenvalue weighted by Crippen LogP contribution is 2.16. The van der Waals surface area contributed by atoms with Crippen LogP contribution in [-0.4, -0.2) is 33.8 Å². The first-order valence-corrected chi connectivity index (χ1v) is 7.16. The lowest BCUT2D eigenvalue weighted by molar-refractivity contribution is -0.119. The van der Waals surface area contributed by atoms with Crippen molar-refractivity contribution in [3.63, 3.8) is 0 Å². The minimum atomic E-state index is -0.995. The van der Waals surface area contributed by atoms with E-state index in [1.54, 1.807) is 0 Å². The van der Waals surface area contributed by atoms with Gasteiger partial charge in [0.2, 0.25) is 5.91 Å². The lowest BCUT2D eigenvalue weighted by Gasteiger charge is -2.14. The molecule has 0 aliphatic carbocycles. The average Bonchev–Trinajstić information content (AvgIpc) is 2.42. The highest BCUT2D eigenvalue weighted by Gasteiger charge is 2.10. The van der Waals surface area contributed by atoms with Crippen molar-refractivity contribution < 1.29 is 14.7 Å². The quantitative estimate of drug-likeness (QED) is 0.749. The molecule has 1 heterocycles. The van der Waals surface area contributed by atoms with Crippen LogP contribution >= 0.6 is 11.8 Å². The third-order valence-electron chi connectivity index (χ3n) is 2.68. The van der Waals surface area contributed by atoms with Crippen LogP contribution in [-0.2, 0) is 4.79 Å². The van der Waals surface area contributed by atoms with E-state index >= 15 is 0 Å². The number of rotatable bonds is 7. The van der Waals surface area contributed by atoms with Crippen molar-refractivity contribution in [2.45, 2.75) is 37.8 Å². The summed E-state index contributed by atoms with van der Waals surface area (Å²) >= 11 is 1.24. The number of nitrogens with zero attached hydrogens (tertiary/aromatic N) is 1. The van der Waals surface area contributed by atoms with Gasteiger partial charge in [0.05, 0.1) is 16.3 Å². The van der Waals surface area contributed by atoms with Gasteiger partial charge in [-0.15, -0.1) is 0 Å². The molecule has 1 rings (SSSR count). The molecule has 0 spiro atoms. The number of nitrogens with one attached hydrogen (secondary N) is 1. The van der Waals surface area contributed by atoms with Gasteiger partial charge in [-0.05, 0) is 25.0 Å². The van der Waals surface area contributed by atoms with E-state index in [-0.39, 0.29) is 23.3 Å². The first kappa shape index (κ1) is 15.5. The molecule has 0 bridgehead atoms. The molecule has 0 radical (unpaired) electrons. The number of carboxylic acids is 1. The fourth-order valence-electron chi connectivity index (χ4n) is 1.52. The fraction of sp³-hybridized carbons (Fsp3) is 0.462. The van der Waals surface area contributed by atoms with Crippen LogP contribution in [0.3, 0.4) is 0 Å². The largest absolute Gasteiger partial charge is 0.478 e. The summed E-state index contributed by atoms with van der Waals surface area (Å²) in [4.78, 5) is 26.5. The maximum atomic E-state index is 11.7. The van der Waals surface area contributed by atoms with Crippen LogP contribution in [0.1, 0.15) is 37.0 Å². The monoisotopic (exact) mass is 282 g/mol. The number of hydrogen-bond donors (Lipinski definition) is 2. The summed E-state index contributed by atoms with van der Waals surface area (Å²) in [6.45, 7) is 4.05. The van der Waals surface area contributed by atoms with Crippen LogP contribution in [0, 0.1) is 0 Å². The average molecular weight is 282 g/mol.